The lowest BCUT2D eigenvalue weighted by Gasteiger charge is -1.99. The maximum absolute atomic E-state index is 10.9. The third-order valence-corrected chi connectivity index (χ3v) is 1.34. The van der Waals surface area contributed by atoms with Gasteiger partial charge in [0.2, 0.25) is 0 Å². The maximum atomic E-state index is 10.9. The highest BCUT2D eigenvalue weighted by atomic mass is 16.6. The van der Waals surface area contributed by atoms with Gasteiger partial charge >= 0.3 is 12.4 Å². The Balaban J connectivity index is 2.94. The van der Waals surface area contributed by atoms with Crippen LogP contribution in [0.25, 0.3) is 0 Å². The third-order valence-electron chi connectivity index (χ3n) is 1.34. The third kappa shape index (κ3) is 1.60. The highest BCUT2D eigenvalue weighted by Gasteiger charge is 2.08. The molecule has 1 aromatic carbocycles. The number of esters is 1. The normalized spacial score (nSPS) is 9.00. The molecule has 0 saturated carbocycles. The quantitative estimate of drug-likeness (QED) is 0.301. The number of nitrogens with two attached hydrogens (primary N) is 1. The van der Waals surface area contributed by atoms with Crippen LogP contribution in [-0.4, -0.2) is 12.4 Å². The van der Waals surface area contributed by atoms with E-state index in [9.17, 15) is 9.59 Å². The number of para-hydroxylation sites is 1. The SMILES string of the molecule is Nc1ccccc1C(=O)OC=O. The Morgan fingerprint density at radius 1 is 1.42 bits per heavy atom. The van der Waals surface area contributed by atoms with Crippen LogP contribution in [0.15, 0.2) is 24.3 Å². The summed E-state index contributed by atoms with van der Waals surface area (Å²) in [5.41, 5.74) is 5.93. The van der Waals surface area contributed by atoms with Gasteiger partial charge in [0.25, 0.3) is 0 Å². The zero-order chi connectivity index (χ0) is 8.97. The number of ether oxygens (including phenoxy) is 1. The van der Waals surface area contributed by atoms with E-state index in [1.807, 2.05) is 0 Å². The highest BCUT2D eigenvalue weighted by molar-refractivity contribution is 5.97. The van der Waals surface area contributed by atoms with Gasteiger partial charge in [-0.15, -0.1) is 0 Å². The summed E-state index contributed by atoms with van der Waals surface area (Å²) in [6.07, 6.45) is 0. The average molecular weight is 165 g/mol. The largest absolute Gasteiger partial charge is 0.398 e. The first kappa shape index (κ1) is 8.26. The van der Waals surface area contributed by atoms with Crippen molar-refractivity contribution in [3.63, 3.8) is 0 Å². The van der Waals surface area contributed by atoms with Crippen LogP contribution >= 0.6 is 0 Å². The molecule has 0 aliphatic rings. The molecule has 0 radical (unpaired) electrons. The van der Waals surface area contributed by atoms with Gasteiger partial charge in [-0.25, -0.2) is 4.79 Å². The molecule has 12 heavy (non-hydrogen) atoms. The van der Waals surface area contributed by atoms with Crippen molar-refractivity contribution in [2.75, 3.05) is 5.73 Å². The molecule has 0 aliphatic carbocycles. The predicted molar refractivity (Wildman–Crippen MR) is 42.3 cm³/mol. The maximum Gasteiger partial charge on any atom is 0.347 e. The molecular weight excluding hydrogens is 158 g/mol. The van der Waals surface area contributed by atoms with Crippen molar-refractivity contribution < 1.29 is 14.3 Å². The van der Waals surface area contributed by atoms with E-state index in [0.717, 1.165) is 0 Å². The van der Waals surface area contributed by atoms with Crippen LogP contribution in [0.2, 0.25) is 0 Å². The van der Waals surface area contributed by atoms with E-state index in [2.05, 4.69) is 4.74 Å². The van der Waals surface area contributed by atoms with Gasteiger partial charge in [-0.1, -0.05) is 12.1 Å². The van der Waals surface area contributed by atoms with E-state index in [4.69, 9.17) is 5.73 Å². The van der Waals surface area contributed by atoms with E-state index >= 15 is 0 Å². The van der Waals surface area contributed by atoms with Crippen LogP contribution in [0, 0.1) is 0 Å². The van der Waals surface area contributed by atoms with E-state index in [0.29, 0.717) is 5.69 Å². The van der Waals surface area contributed by atoms with E-state index in [-0.39, 0.29) is 12.0 Å². The summed E-state index contributed by atoms with van der Waals surface area (Å²) in [6, 6.07) is 6.37. The molecule has 0 saturated heterocycles. The van der Waals surface area contributed by atoms with Crippen molar-refractivity contribution in [1.82, 2.24) is 0 Å². The molecule has 4 nitrogen and oxygen atoms in total. The lowest BCUT2D eigenvalue weighted by atomic mass is 10.2. The topological polar surface area (TPSA) is 69.4 Å². The Hall–Kier alpha value is -1.84. The monoisotopic (exact) mass is 165 g/mol. The van der Waals surface area contributed by atoms with Gasteiger partial charge < -0.3 is 10.5 Å². The summed E-state index contributed by atoms with van der Waals surface area (Å²) in [5.74, 6) is -0.733. The summed E-state index contributed by atoms with van der Waals surface area (Å²) in [7, 11) is 0. The van der Waals surface area contributed by atoms with E-state index < -0.39 is 5.97 Å². The number of nitrogen functional groups attached to an aromatic ring is 1. The van der Waals surface area contributed by atoms with Gasteiger partial charge in [-0.3, -0.25) is 4.79 Å². The van der Waals surface area contributed by atoms with Crippen molar-refractivity contribution in [2.45, 2.75) is 0 Å². The first-order chi connectivity index (χ1) is 5.75. The van der Waals surface area contributed by atoms with E-state index in [1.165, 1.54) is 6.07 Å². The number of hydrogen-bond acceptors (Lipinski definition) is 4. The van der Waals surface area contributed by atoms with Crippen LogP contribution in [0.4, 0.5) is 5.69 Å². The van der Waals surface area contributed by atoms with Gasteiger partial charge in [0.15, 0.2) is 0 Å². The molecule has 0 aliphatic heterocycles. The van der Waals surface area contributed by atoms with Crippen molar-refractivity contribution in [1.29, 1.82) is 0 Å². The summed E-state index contributed by atoms with van der Waals surface area (Å²) < 4.78 is 4.11. The first-order valence-corrected chi connectivity index (χ1v) is 3.25. The van der Waals surface area contributed by atoms with Gasteiger partial charge in [-0.05, 0) is 12.1 Å². The second-order valence-corrected chi connectivity index (χ2v) is 2.09. The zero-order valence-corrected chi connectivity index (χ0v) is 6.19. The fourth-order valence-electron chi connectivity index (χ4n) is 0.790. The molecule has 1 aromatic rings. The summed E-state index contributed by atoms with van der Waals surface area (Å²) in [6.45, 7) is 0.0781. The predicted octanol–water partition coefficient (Wildman–Crippen LogP) is 0.582. The molecule has 0 unspecified atom stereocenters. The second kappa shape index (κ2) is 3.52. The van der Waals surface area contributed by atoms with Crippen molar-refractivity contribution in [2.24, 2.45) is 0 Å². The summed E-state index contributed by atoms with van der Waals surface area (Å²) in [4.78, 5) is 20.7. The van der Waals surface area contributed by atoms with Gasteiger partial charge in [0.05, 0.1) is 5.56 Å². The Morgan fingerprint density at radius 2 is 2.08 bits per heavy atom. The number of rotatable bonds is 2. The molecule has 0 fully saturated rings. The molecule has 0 amide bonds. The fourth-order valence-corrected chi connectivity index (χ4v) is 0.790. The molecule has 0 aromatic heterocycles. The minimum atomic E-state index is -0.733. The summed E-state index contributed by atoms with van der Waals surface area (Å²) >= 11 is 0. The number of benzene rings is 1. The molecule has 1 rings (SSSR count). The fraction of sp³-hybridized carbons (Fsp3) is 0. The molecule has 0 bridgehead atoms. The van der Waals surface area contributed by atoms with Crippen LogP contribution < -0.4 is 5.73 Å². The number of carbonyl (C=O) groups is 2. The molecule has 0 spiro atoms. The Morgan fingerprint density at radius 3 is 2.67 bits per heavy atom. The molecular formula is C8H7NO3. The van der Waals surface area contributed by atoms with Crippen LogP contribution in [-0.2, 0) is 9.53 Å². The molecule has 2 N–H and O–H groups in total. The number of carbonyl (C=O) groups excluding carboxylic acids is 2. The second-order valence-electron chi connectivity index (χ2n) is 2.09. The average Bonchev–Trinajstić information content (AvgIpc) is 2.05. The minimum Gasteiger partial charge on any atom is -0.398 e. The Kier molecular flexibility index (Phi) is 2.42. The lowest BCUT2D eigenvalue weighted by molar-refractivity contribution is -0.123. The van der Waals surface area contributed by atoms with Crippen LogP contribution in [0.3, 0.4) is 0 Å². The van der Waals surface area contributed by atoms with Crippen molar-refractivity contribution >= 4 is 18.1 Å². The van der Waals surface area contributed by atoms with Gasteiger partial charge in [0.1, 0.15) is 0 Å². The molecule has 0 atom stereocenters. The highest BCUT2D eigenvalue weighted by Crippen LogP contribution is 2.10. The Labute approximate surface area is 68.9 Å². The van der Waals surface area contributed by atoms with Crippen LogP contribution in [0.5, 0.6) is 0 Å². The molecule has 4 heteroatoms. The molecule has 62 valence electrons. The van der Waals surface area contributed by atoms with Gasteiger partial charge in [-0.2, -0.15) is 0 Å². The van der Waals surface area contributed by atoms with Gasteiger partial charge in [0, 0.05) is 5.69 Å². The molecule has 0 heterocycles. The zero-order valence-electron chi connectivity index (χ0n) is 6.19. The standard InChI is InChI=1S/C8H7NO3/c9-7-4-2-1-3-6(7)8(11)12-5-10/h1-5H,9H2. The van der Waals surface area contributed by atoms with Crippen LogP contribution in [0.1, 0.15) is 10.4 Å². The Bertz CT molecular complexity index is 309. The minimum absolute atomic E-state index is 0.0781. The van der Waals surface area contributed by atoms with Crippen molar-refractivity contribution in [3.8, 4) is 0 Å². The van der Waals surface area contributed by atoms with Crippen molar-refractivity contribution in [3.05, 3.63) is 29.8 Å². The first-order valence-electron chi connectivity index (χ1n) is 3.25. The summed E-state index contributed by atoms with van der Waals surface area (Å²) in [5, 5.41) is 0. The lowest BCUT2D eigenvalue weighted by Crippen LogP contribution is -2.06. The number of anilines is 1. The smallest absolute Gasteiger partial charge is 0.347 e. The number of hydrogen-bond donors (Lipinski definition) is 1. The van der Waals surface area contributed by atoms with E-state index in [1.54, 1.807) is 18.2 Å².